The molecular weight excluding hydrogens is 327 g/mol. The van der Waals surface area contributed by atoms with Gasteiger partial charge in [0.25, 0.3) is 0 Å². The Morgan fingerprint density at radius 3 is 3.00 bits per heavy atom. The molecule has 1 unspecified atom stereocenters. The van der Waals surface area contributed by atoms with Gasteiger partial charge in [0.15, 0.2) is 6.79 Å². The Labute approximate surface area is 145 Å². The first-order valence-electron chi connectivity index (χ1n) is 8.71. The van der Waals surface area contributed by atoms with Gasteiger partial charge in [-0.15, -0.1) is 0 Å². The SMILES string of the molecule is O=C(NCCc1cc(F)cc2c1OCOC2)C1CC(=O)N(C2CC2)C1. The molecule has 4 rings (SSSR count). The van der Waals surface area contributed by atoms with Crippen LogP contribution in [-0.2, 0) is 27.4 Å². The Kier molecular flexibility index (Phi) is 4.33. The molecule has 1 aliphatic carbocycles. The molecule has 2 amide bonds. The molecular formula is C18H21FN2O4. The predicted octanol–water partition coefficient (Wildman–Crippen LogP) is 1.36. The molecule has 2 heterocycles. The van der Waals surface area contributed by atoms with E-state index in [9.17, 15) is 14.0 Å². The van der Waals surface area contributed by atoms with Gasteiger partial charge < -0.3 is 19.7 Å². The highest BCUT2D eigenvalue weighted by Crippen LogP contribution is 2.33. The molecule has 7 heteroatoms. The fraction of sp³-hybridized carbons (Fsp3) is 0.556. The zero-order chi connectivity index (χ0) is 17.4. The number of halogens is 1. The Morgan fingerprint density at radius 2 is 2.20 bits per heavy atom. The van der Waals surface area contributed by atoms with Crippen LogP contribution in [0.25, 0.3) is 0 Å². The van der Waals surface area contributed by atoms with Crippen LogP contribution in [0.5, 0.6) is 5.75 Å². The average Bonchev–Trinajstić information content (AvgIpc) is 3.36. The summed E-state index contributed by atoms with van der Waals surface area (Å²) in [5.74, 6) is 0.00828. The lowest BCUT2D eigenvalue weighted by molar-refractivity contribution is -0.129. The Morgan fingerprint density at radius 1 is 1.36 bits per heavy atom. The fourth-order valence-electron chi connectivity index (χ4n) is 3.55. The van der Waals surface area contributed by atoms with Gasteiger partial charge in [-0.2, -0.15) is 0 Å². The van der Waals surface area contributed by atoms with Crippen molar-refractivity contribution in [1.82, 2.24) is 10.2 Å². The molecule has 1 atom stereocenters. The zero-order valence-electron chi connectivity index (χ0n) is 13.9. The number of rotatable bonds is 5. The van der Waals surface area contributed by atoms with Gasteiger partial charge in [-0.3, -0.25) is 9.59 Å². The molecule has 1 aromatic carbocycles. The third kappa shape index (κ3) is 3.46. The van der Waals surface area contributed by atoms with Crippen molar-refractivity contribution in [2.24, 2.45) is 5.92 Å². The standard InChI is InChI=1S/C18H21FN2O4/c19-14-5-11(17-13(6-14)9-24-10-25-17)3-4-20-18(23)12-7-16(22)21(8-12)15-1-2-15/h5-6,12,15H,1-4,7-10H2,(H,20,23). The second-order valence-corrected chi connectivity index (χ2v) is 6.88. The average molecular weight is 348 g/mol. The number of benzene rings is 1. The van der Waals surface area contributed by atoms with Crippen molar-refractivity contribution in [3.63, 3.8) is 0 Å². The largest absolute Gasteiger partial charge is 0.467 e. The summed E-state index contributed by atoms with van der Waals surface area (Å²) in [4.78, 5) is 26.1. The molecule has 0 spiro atoms. The molecule has 3 aliphatic rings. The third-order valence-electron chi connectivity index (χ3n) is 4.96. The number of likely N-dealkylation sites (tertiary alicyclic amines) is 1. The van der Waals surface area contributed by atoms with Crippen molar-refractivity contribution in [2.75, 3.05) is 19.9 Å². The van der Waals surface area contributed by atoms with E-state index in [4.69, 9.17) is 9.47 Å². The highest BCUT2D eigenvalue weighted by Gasteiger charge is 2.41. The van der Waals surface area contributed by atoms with Crippen LogP contribution in [0.3, 0.4) is 0 Å². The van der Waals surface area contributed by atoms with E-state index in [0.717, 1.165) is 18.4 Å². The Balaban J connectivity index is 1.33. The molecule has 1 saturated heterocycles. The monoisotopic (exact) mass is 348 g/mol. The molecule has 0 bridgehead atoms. The van der Waals surface area contributed by atoms with Crippen LogP contribution in [0, 0.1) is 11.7 Å². The highest BCUT2D eigenvalue weighted by atomic mass is 19.1. The minimum atomic E-state index is -0.337. The van der Waals surface area contributed by atoms with Gasteiger partial charge in [0.05, 0.1) is 12.5 Å². The van der Waals surface area contributed by atoms with E-state index in [1.165, 1.54) is 12.1 Å². The van der Waals surface area contributed by atoms with Gasteiger partial charge in [-0.1, -0.05) is 0 Å². The molecule has 134 valence electrons. The van der Waals surface area contributed by atoms with Crippen molar-refractivity contribution in [3.8, 4) is 5.75 Å². The van der Waals surface area contributed by atoms with Crippen molar-refractivity contribution in [2.45, 2.75) is 38.3 Å². The van der Waals surface area contributed by atoms with E-state index < -0.39 is 0 Å². The number of carbonyl (C=O) groups is 2. The maximum absolute atomic E-state index is 13.7. The van der Waals surface area contributed by atoms with Gasteiger partial charge in [0.1, 0.15) is 11.6 Å². The number of ether oxygens (including phenoxy) is 2. The van der Waals surface area contributed by atoms with E-state index in [-0.39, 0.29) is 36.8 Å². The third-order valence-corrected chi connectivity index (χ3v) is 4.96. The van der Waals surface area contributed by atoms with Gasteiger partial charge in [-0.25, -0.2) is 4.39 Å². The van der Waals surface area contributed by atoms with Gasteiger partial charge in [0.2, 0.25) is 11.8 Å². The zero-order valence-corrected chi connectivity index (χ0v) is 13.9. The molecule has 1 aromatic rings. The summed E-state index contributed by atoms with van der Waals surface area (Å²) in [7, 11) is 0. The Hall–Kier alpha value is -2.15. The molecule has 2 aliphatic heterocycles. The maximum Gasteiger partial charge on any atom is 0.225 e. The van der Waals surface area contributed by atoms with Crippen LogP contribution in [0.1, 0.15) is 30.4 Å². The van der Waals surface area contributed by atoms with Gasteiger partial charge in [-0.05, 0) is 37.0 Å². The van der Waals surface area contributed by atoms with Crippen LogP contribution in [0.4, 0.5) is 4.39 Å². The van der Waals surface area contributed by atoms with Gasteiger partial charge in [0, 0.05) is 31.1 Å². The topological polar surface area (TPSA) is 67.9 Å². The molecule has 1 saturated carbocycles. The summed E-state index contributed by atoms with van der Waals surface area (Å²) < 4.78 is 24.4. The number of nitrogens with zero attached hydrogens (tertiary/aromatic N) is 1. The van der Waals surface area contributed by atoms with E-state index >= 15 is 0 Å². The van der Waals surface area contributed by atoms with E-state index in [2.05, 4.69) is 5.32 Å². The number of nitrogens with one attached hydrogen (secondary N) is 1. The lowest BCUT2D eigenvalue weighted by Gasteiger charge is -2.21. The first-order valence-corrected chi connectivity index (χ1v) is 8.71. The minimum Gasteiger partial charge on any atom is -0.467 e. The summed E-state index contributed by atoms with van der Waals surface area (Å²) in [6, 6.07) is 3.20. The van der Waals surface area contributed by atoms with Gasteiger partial charge >= 0.3 is 0 Å². The van der Waals surface area contributed by atoms with E-state index in [1.807, 2.05) is 4.90 Å². The van der Waals surface area contributed by atoms with Crippen LogP contribution in [0.2, 0.25) is 0 Å². The lowest BCUT2D eigenvalue weighted by Crippen LogP contribution is -2.34. The van der Waals surface area contributed by atoms with Crippen LogP contribution < -0.4 is 10.1 Å². The number of hydrogen-bond donors (Lipinski definition) is 1. The van der Waals surface area contributed by atoms with Crippen molar-refractivity contribution >= 4 is 11.8 Å². The summed E-state index contributed by atoms with van der Waals surface area (Å²) >= 11 is 0. The molecule has 25 heavy (non-hydrogen) atoms. The number of fused-ring (bicyclic) bond motifs is 1. The fourth-order valence-corrected chi connectivity index (χ4v) is 3.55. The van der Waals surface area contributed by atoms with E-state index in [0.29, 0.717) is 43.5 Å². The first-order chi connectivity index (χ1) is 12.1. The number of hydrogen-bond acceptors (Lipinski definition) is 4. The second-order valence-electron chi connectivity index (χ2n) is 6.88. The molecule has 6 nitrogen and oxygen atoms in total. The maximum atomic E-state index is 13.7. The van der Waals surface area contributed by atoms with Crippen LogP contribution in [0.15, 0.2) is 12.1 Å². The molecule has 2 fully saturated rings. The van der Waals surface area contributed by atoms with Crippen molar-refractivity contribution in [3.05, 3.63) is 29.1 Å². The Bertz CT molecular complexity index is 705. The lowest BCUT2D eigenvalue weighted by atomic mass is 10.0. The summed E-state index contributed by atoms with van der Waals surface area (Å²) in [5, 5.41) is 2.87. The van der Waals surface area contributed by atoms with Crippen molar-refractivity contribution < 1.29 is 23.5 Å². The molecule has 0 aromatic heterocycles. The second kappa shape index (κ2) is 6.63. The minimum absolute atomic E-state index is 0.0789. The quantitative estimate of drug-likeness (QED) is 0.873. The van der Waals surface area contributed by atoms with Crippen molar-refractivity contribution in [1.29, 1.82) is 0 Å². The summed E-state index contributed by atoms with van der Waals surface area (Å²) in [5.41, 5.74) is 1.41. The first kappa shape index (κ1) is 16.3. The molecule has 0 radical (unpaired) electrons. The normalized spacial score (nSPS) is 22.5. The van der Waals surface area contributed by atoms with Crippen LogP contribution >= 0.6 is 0 Å². The highest BCUT2D eigenvalue weighted by molar-refractivity contribution is 5.89. The van der Waals surface area contributed by atoms with E-state index in [1.54, 1.807) is 0 Å². The molecule has 1 N–H and O–H groups in total. The summed E-state index contributed by atoms with van der Waals surface area (Å²) in [6.07, 6.45) is 2.86. The predicted molar refractivity (Wildman–Crippen MR) is 86.2 cm³/mol. The number of carbonyl (C=O) groups excluding carboxylic acids is 2. The number of amides is 2. The smallest absolute Gasteiger partial charge is 0.225 e. The van der Waals surface area contributed by atoms with Crippen LogP contribution in [-0.4, -0.2) is 42.6 Å². The summed E-state index contributed by atoms with van der Waals surface area (Å²) in [6.45, 7) is 1.38.